The van der Waals surface area contributed by atoms with Gasteiger partial charge in [0.05, 0.1) is 19.9 Å². The summed E-state index contributed by atoms with van der Waals surface area (Å²) in [6.45, 7) is 0.464. The van der Waals surface area contributed by atoms with Crippen LogP contribution in [-0.4, -0.2) is 18.7 Å². The predicted molar refractivity (Wildman–Crippen MR) is 156 cm³/mol. The predicted octanol–water partition coefficient (Wildman–Crippen LogP) is 6.95. The Balaban J connectivity index is 1.55. The first kappa shape index (κ1) is 25.8. The van der Waals surface area contributed by atoms with Crippen molar-refractivity contribution in [3.8, 4) is 5.75 Å². The van der Waals surface area contributed by atoms with Crippen LogP contribution in [0.15, 0.2) is 59.7 Å². The maximum Gasteiger partial charge on any atom is 0.259 e. The number of hydrogen-bond acceptors (Lipinski definition) is 4. The zero-order valence-corrected chi connectivity index (χ0v) is 24.3. The van der Waals surface area contributed by atoms with E-state index in [4.69, 9.17) is 27.9 Å². The maximum atomic E-state index is 12.0. The summed E-state index contributed by atoms with van der Waals surface area (Å²) in [6, 6.07) is 17.0. The Morgan fingerprint density at radius 3 is 2.34 bits per heavy atom. The van der Waals surface area contributed by atoms with Crippen molar-refractivity contribution >= 4 is 109 Å². The average Bonchev–Trinajstić information content (AvgIpc) is 2.74. The second kappa shape index (κ2) is 12.6. The fourth-order valence-corrected chi connectivity index (χ4v) is 5.50. The monoisotopic (exact) mass is 805 g/mol. The molecule has 3 aromatic carbocycles. The summed E-state index contributed by atoms with van der Waals surface area (Å²) < 4.78 is 8.97. The van der Waals surface area contributed by atoms with Crippen molar-refractivity contribution in [3.63, 3.8) is 0 Å². The van der Waals surface area contributed by atoms with Crippen LogP contribution >= 0.6 is 91.0 Å². The Hall–Kier alpha value is -0.830. The lowest BCUT2D eigenvalue weighted by Crippen LogP contribution is -2.25. The number of nitrogens with one attached hydrogen (secondary N) is 2. The van der Waals surface area contributed by atoms with E-state index in [1.54, 1.807) is 18.3 Å². The van der Waals surface area contributed by atoms with E-state index in [-0.39, 0.29) is 12.5 Å². The lowest BCUT2D eigenvalue weighted by atomic mass is 10.2. The molecule has 0 fully saturated rings. The molecule has 0 aliphatic rings. The van der Waals surface area contributed by atoms with E-state index in [1.807, 2.05) is 42.5 Å². The smallest absolute Gasteiger partial charge is 0.259 e. The third kappa shape index (κ3) is 7.89. The van der Waals surface area contributed by atoms with Gasteiger partial charge in [0.2, 0.25) is 0 Å². The molecule has 0 heterocycles. The summed E-state index contributed by atoms with van der Waals surface area (Å²) in [5.41, 5.74) is 5.11. The van der Waals surface area contributed by atoms with E-state index in [0.29, 0.717) is 16.7 Å². The second-order valence-electron chi connectivity index (χ2n) is 6.49. The number of rotatable bonds is 8. The molecular formula is C22H16Cl2I3N3O2. The molecule has 0 unspecified atom stereocenters. The van der Waals surface area contributed by atoms with Gasteiger partial charge in [-0.1, -0.05) is 29.3 Å². The van der Waals surface area contributed by atoms with Crippen LogP contribution in [-0.2, 0) is 11.4 Å². The molecule has 0 saturated heterocycles. The Labute approximate surface area is 237 Å². The molecule has 0 spiro atoms. The topological polar surface area (TPSA) is 62.7 Å². The average molecular weight is 806 g/mol. The van der Waals surface area contributed by atoms with E-state index in [1.165, 1.54) is 0 Å². The van der Waals surface area contributed by atoms with Gasteiger partial charge >= 0.3 is 0 Å². The summed E-state index contributed by atoms with van der Waals surface area (Å²) in [6.07, 6.45) is 1.60. The summed E-state index contributed by atoms with van der Waals surface area (Å²) in [4.78, 5) is 12.0. The number of carbonyl (C=O) groups excluding carboxylic acids is 1. The van der Waals surface area contributed by atoms with Crippen LogP contribution in [0.1, 0.15) is 11.1 Å². The SMILES string of the molecule is O=C(CNc1ccc(I)cc1)N/N=C\c1cc(I)c(OCc2ccc(Cl)cc2Cl)c(I)c1. The van der Waals surface area contributed by atoms with Crippen LogP contribution in [0.5, 0.6) is 5.75 Å². The minimum absolute atomic E-state index is 0.132. The highest BCUT2D eigenvalue weighted by Gasteiger charge is 2.10. The number of hydrogen-bond donors (Lipinski definition) is 2. The van der Waals surface area contributed by atoms with E-state index in [2.05, 4.69) is 83.6 Å². The molecule has 0 bridgehead atoms. The molecule has 10 heteroatoms. The lowest BCUT2D eigenvalue weighted by molar-refractivity contribution is -0.119. The molecule has 5 nitrogen and oxygen atoms in total. The van der Waals surface area contributed by atoms with Crippen LogP contribution in [0.3, 0.4) is 0 Å². The molecule has 0 aliphatic carbocycles. The molecule has 3 aromatic rings. The molecule has 0 aromatic heterocycles. The highest BCUT2D eigenvalue weighted by molar-refractivity contribution is 14.1. The molecule has 0 aliphatic heterocycles. The normalized spacial score (nSPS) is 10.9. The number of hydrazone groups is 1. The van der Waals surface area contributed by atoms with Crippen molar-refractivity contribution in [2.75, 3.05) is 11.9 Å². The number of carbonyl (C=O) groups is 1. The lowest BCUT2D eigenvalue weighted by Gasteiger charge is -2.12. The Bertz CT molecular complexity index is 1120. The molecule has 1 amide bonds. The van der Waals surface area contributed by atoms with Crippen molar-refractivity contribution in [1.29, 1.82) is 0 Å². The van der Waals surface area contributed by atoms with Crippen LogP contribution in [0.2, 0.25) is 10.0 Å². The first-order valence-electron chi connectivity index (χ1n) is 9.19. The molecular weight excluding hydrogens is 790 g/mol. The fourth-order valence-electron chi connectivity index (χ4n) is 2.55. The molecule has 0 saturated carbocycles. The van der Waals surface area contributed by atoms with Crippen LogP contribution in [0.25, 0.3) is 0 Å². The highest BCUT2D eigenvalue weighted by atomic mass is 127. The van der Waals surface area contributed by atoms with E-state index in [0.717, 1.165) is 33.3 Å². The number of anilines is 1. The summed E-state index contributed by atoms with van der Waals surface area (Å²) in [7, 11) is 0. The standard InChI is InChI=1S/C22H16Cl2I3N3O2/c23-15-2-1-14(18(24)9-15)12-32-22-19(26)7-13(8-20(22)27)10-29-30-21(31)11-28-17-5-3-16(25)4-6-17/h1-10,28H,11-12H2,(H,30,31)/b29-10-. The Morgan fingerprint density at radius 1 is 1.00 bits per heavy atom. The summed E-state index contributed by atoms with van der Waals surface area (Å²) in [5.74, 6) is 0.532. The van der Waals surface area contributed by atoms with Crippen LogP contribution < -0.4 is 15.5 Å². The summed E-state index contributed by atoms with van der Waals surface area (Å²) in [5, 5.41) is 8.26. The van der Waals surface area contributed by atoms with Gasteiger partial charge in [-0.2, -0.15) is 5.10 Å². The third-order valence-electron chi connectivity index (χ3n) is 4.11. The van der Waals surface area contributed by atoms with Gasteiger partial charge in [0.25, 0.3) is 5.91 Å². The van der Waals surface area contributed by atoms with Crippen LogP contribution in [0.4, 0.5) is 5.69 Å². The second-order valence-corrected chi connectivity index (χ2v) is 10.9. The van der Waals surface area contributed by atoms with Gasteiger partial charge in [-0.15, -0.1) is 0 Å². The highest BCUT2D eigenvalue weighted by Crippen LogP contribution is 2.30. The minimum Gasteiger partial charge on any atom is -0.487 e. The van der Waals surface area contributed by atoms with Gasteiger partial charge in [0.1, 0.15) is 12.4 Å². The zero-order chi connectivity index (χ0) is 23.1. The van der Waals surface area contributed by atoms with Crippen molar-refractivity contribution in [3.05, 3.63) is 86.5 Å². The zero-order valence-electron chi connectivity index (χ0n) is 16.3. The Kier molecular flexibility index (Phi) is 10.1. The molecule has 2 N–H and O–H groups in total. The third-order valence-corrected chi connectivity index (χ3v) is 7.02. The molecule has 32 heavy (non-hydrogen) atoms. The first-order valence-corrected chi connectivity index (χ1v) is 13.2. The molecule has 166 valence electrons. The number of amides is 1. The van der Waals surface area contributed by atoms with E-state index < -0.39 is 0 Å². The summed E-state index contributed by atoms with van der Waals surface area (Å²) >= 11 is 18.8. The van der Waals surface area contributed by atoms with Crippen molar-refractivity contribution < 1.29 is 9.53 Å². The maximum absolute atomic E-state index is 12.0. The van der Waals surface area contributed by atoms with Gasteiger partial charge in [-0.25, -0.2) is 5.43 Å². The van der Waals surface area contributed by atoms with Crippen molar-refractivity contribution in [1.82, 2.24) is 5.43 Å². The number of nitrogens with zero attached hydrogens (tertiary/aromatic N) is 1. The number of halogens is 5. The van der Waals surface area contributed by atoms with Gasteiger partial charge < -0.3 is 10.1 Å². The van der Waals surface area contributed by atoms with Gasteiger partial charge in [0.15, 0.2) is 0 Å². The number of ether oxygens (including phenoxy) is 1. The largest absolute Gasteiger partial charge is 0.487 e. The quantitative estimate of drug-likeness (QED) is 0.147. The van der Waals surface area contributed by atoms with Gasteiger partial charge in [0, 0.05) is 24.9 Å². The van der Waals surface area contributed by atoms with Crippen molar-refractivity contribution in [2.24, 2.45) is 5.10 Å². The van der Waals surface area contributed by atoms with Gasteiger partial charge in [-0.3, -0.25) is 4.79 Å². The number of benzene rings is 3. The van der Waals surface area contributed by atoms with Crippen molar-refractivity contribution in [2.45, 2.75) is 6.61 Å². The minimum atomic E-state index is -0.232. The molecule has 0 atom stereocenters. The Morgan fingerprint density at radius 2 is 1.69 bits per heavy atom. The van der Waals surface area contributed by atoms with Gasteiger partial charge in [-0.05, 0) is 122 Å². The van der Waals surface area contributed by atoms with E-state index in [9.17, 15) is 4.79 Å². The molecule has 3 rings (SSSR count). The van der Waals surface area contributed by atoms with E-state index >= 15 is 0 Å². The first-order chi connectivity index (χ1) is 15.3. The molecule has 0 radical (unpaired) electrons. The fraction of sp³-hybridized carbons (Fsp3) is 0.0909. The van der Waals surface area contributed by atoms with Crippen LogP contribution in [0, 0.1) is 10.7 Å².